The van der Waals surface area contributed by atoms with Gasteiger partial charge in [-0.25, -0.2) is 4.79 Å². The maximum atomic E-state index is 12.1. The highest BCUT2D eigenvalue weighted by molar-refractivity contribution is 5.75. The largest absolute Gasteiger partial charge is 0.379 e. The molecule has 5 nitrogen and oxygen atoms in total. The normalized spacial score (nSPS) is 33.8. The van der Waals surface area contributed by atoms with Gasteiger partial charge in [0.1, 0.15) is 0 Å². The average Bonchev–Trinajstić information content (AvgIpc) is 2.81. The highest BCUT2D eigenvalue weighted by Gasteiger charge is 2.30. The Morgan fingerprint density at radius 1 is 1.53 bits per heavy atom. The number of carbonyl (C=O) groups excluding carboxylic acids is 1. The summed E-state index contributed by atoms with van der Waals surface area (Å²) < 4.78 is 5.26. The predicted octanol–water partition coefficient (Wildman–Crippen LogP) is 0.544. The van der Waals surface area contributed by atoms with Crippen LogP contribution in [0.5, 0.6) is 0 Å². The van der Waals surface area contributed by atoms with Crippen molar-refractivity contribution >= 4 is 6.03 Å². The zero-order valence-corrected chi connectivity index (χ0v) is 10.5. The fourth-order valence-electron chi connectivity index (χ4n) is 2.65. The van der Waals surface area contributed by atoms with E-state index < -0.39 is 0 Å². The number of nitrogens with zero attached hydrogens (tertiary/aromatic N) is 1. The van der Waals surface area contributed by atoms with Crippen molar-refractivity contribution in [3.8, 4) is 0 Å². The fraction of sp³-hybridized carbons (Fsp3) is 0.917. The molecular weight excluding hydrogens is 218 g/mol. The molecule has 2 aliphatic heterocycles. The van der Waals surface area contributed by atoms with Crippen molar-refractivity contribution in [2.24, 2.45) is 11.7 Å². The summed E-state index contributed by atoms with van der Waals surface area (Å²) >= 11 is 0. The minimum Gasteiger partial charge on any atom is -0.379 e. The van der Waals surface area contributed by atoms with Crippen LogP contribution in [0.4, 0.5) is 4.79 Å². The van der Waals surface area contributed by atoms with Gasteiger partial charge in [0.05, 0.1) is 12.6 Å². The Morgan fingerprint density at radius 2 is 2.35 bits per heavy atom. The number of hydrogen-bond donors (Lipinski definition) is 2. The first kappa shape index (κ1) is 12.6. The molecule has 2 amide bonds. The number of nitrogens with one attached hydrogen (secondary N) is 1. The molecule has 17 heavy (non-hydrogen) atoms. The lowest BCUT2D eigenvalue weighted by molar-refractivity contribution is 0.130. The first-order valence-electron chi connectivity index (χ1n) is 6.55. The molecule has 98 valence electrons. The van der Waals surface area contributed by atoms with E-state index in [4.69, 9.17) is 10.5 Å². The van der Waals surface area contributed by atoms with Gasteiger partial charge in [-0.1, -0.05) is 6.92 Å². The summed E-state index contributed by atoms with van der Waals surface area (Å²) in [6, 6.07) is 0.407. The van der Waals surface area contributed by atoms with E-state index in [1.54, 1.807) is 0 Å². The minimum atomic E-state index is 0.0304. The van der Waals surface area contributed by atoms with Crippen LogP contribution in [-0.2, 0) is 4.74 Å². The number of urea groups is 1. The van der Waals surface area contributed by atoms with E-state index in [0.717, 1.165) is 32.4 Å². The van der Waals surface area contributed by atoms with E-state index >= 15 is 0 Å². The fourth-order valence-corrected chi connectivity index (χ4v) is 2.65. The third-order valence-electron chi connectivity index (χ3n) is 3.77. The number of nitrogens with two attached hydrogens (primary N) is 1. The van der Waals surface area contributed by atoms with Crippen molar-refractivity contribution < 1.29 is 9.53 Å². The lowest BCUT2D eigenvalue weighted by atomic mass is 9.93. The first-order chi connectivity index (χ1) is 8.20. The second-order valence-corrected chi connectivity index (χ2v) is 5.22. The highest BCUT2D eigenvalue weighted by atomic mass is 16.5. The van der Waals surface area contributed by atoms with Crippen LogP contribution >= 0.6 is 0 Å². The molecule has 2 aliphatic rings. The molecule has 3 atom stereocenters. The van der Waals surface area contributed by atoms with Gasteiger partial charge in [0.25, 0.3) is 0 Å². The zero-order valence-electron chi connectivity index (χ0n) is 10.5. The van der Waals surface area contributed by atoms with Gasteiger partial charge in [-0.3, -0.25) is 0 Å². The molecule has 5 heteroatoms. The predicted molar refractivity (Wildman–Crippen MR) is 65.7 cm³/mol. The number of amides is 2. The van der Waals surface area contributed by atoms with Gasteiger partial charge in [0, 0.05) is 25.7 Å². The number of likely N-dealkylation sites (tertiary alicyclic amines) is 1. The van der Waals surface area contributed by atoms with Crippen LogP contribution in [0, 0.1) is 5.92 Å². The summed E-state index contributed by atoms with van der Waals surface area (Å²) in [5.41, 5.74) is 5.76. The van der Waals surface area contributed by atoms with Crippen molar-refractivity contribution in [1.29, 1.82) is 0 Å². The van der Waals surface area contributed by atoms with E-state index in [0.29, 0.717) is 19.1 Å². The molecule has 0 aliphatic carbocycles. The van der Waals surface area contributed by atoms with Crippen LogP contribution in [0.2, 0.25) is 0 Å². The number of carbonyl (C=O) groups is 1. The molecule has 0 spiro atoms. The third-order valence-corrected chi connectivity index (χ3v) is 3.77. The highest BCUT2D eigenvalue weighted by Crippen LogP contribution is 2.22. The molecule has 2 fully saturated rings. The molecule has 0 aromatic heterocycles. The van der Waals surface area contributed by atoms with Gasteiger partial charge >= 0.3 is 6.03 Å². The maximum Gasteiger partial charge on any atom is 0.317 e. The Labute approximate surface area is 103 Å². The topological polar surface area (TPSA) is 67.6 Å². The van der Waals surface area contributed by atoms with Crippen molar-refractivity contribution in [1.82, 2.24) is 10.2 Å². The Balaban J connectivity index is 1.88. The summed E-state index contributed by atoms with van der Waals surface area (Å²) in [6.07, 6.45) is 3.01. The van der Waals surface area contributed by atoms with Crippen LogP contribution in [-0.4, -0.2) is 49.3 Å². The van der Waals surface area contributed by atoms with Gasteiger partial charge in [-0.05, 0) is 25.2 Å². The van der Waals surface area contributed by atoms with Crippen LogP contribution in [0.25, 0.3) is 0 Å². The van der Waals surface area contributed by atoms with Crippen LogP contribution < -0.4 is 11.1 Å². The second kappa shape index (κ2) is 5.69. The van der Waals surface area contributed by atoms with Crippen LogP contribution in [0.3, 0.4) is 0 Å². The molecule has 2 heterocycles. The van der Waals surface area contributed by atoms with E-state index in [-0.39, 0.29) is 18.1 Å². The monoisotopic (exact) mass is 241 g/mol. The summed E-state index contributed by atoms with van der Waals surface area (Å²) in [7, 11) is 0. The van der Waals surface area contributed by atoms with E-state index in [2.05, 4.69) is 12.2 Å². The molecule has 0 aromatic carbocycles. The van der Waals surface area contributed by atoms with Crippen LogP contribution in [0.1, 0.15) is 26.2 Å². The summed E-state index contributed by atoms with van der Waals surface area (Å²) in [4.78, 5) is 14.0. The SMILES string of the molecule is CC1CCN(C(=O)NC2CCOC2)C(CN)C1. The van der Waals surface area contributed by atoms with Gasteiger partial charge in [0.15, 0.2) is 0 Å². The quantitative estimate of drug-likeness (QED) is 0.741. The Kier molecular flexibility index (Phi) is 4.23. The smallest absolute Gasteiger partial charge is 0.317 e. The zero-order chi connectivity index (χ0) is 12.3. The Hall–Kier alpha value is -0.810. The summed E-state index contributed by atoms with van der Waals surface area (Å²) in [6.45, 7) is 5.00. The number of hydrogen-bond acceptors (Lipinski definition) is 3. The molecule has 3 unspecified atom stereocenters. The minimum absolute atomic E-state index is 0.0304. The number of piperidine rings is 1. The molecule has 3 N–H and O–H groups in total. The number of ether oxygens (including phenoxy) is 1. The molecule has 0 saturated carbocycles. The Morgan fingerprint density at radius 3 is 3.00 bits per heavy atom. The lowest BCUT2D eigenvalue weighted by Gasteiger charge is -2.38. The van der Waals surface area contributed by atoms with Crippen molar-refractivity contribution in [3.63, 3.8) is 0 Å². The molecule has 0 aromatic rings. The Bertz CT molecular complexity index is 266. The van der Waals surface area contributed by atoms with Crippen molar-refractivity contribution in [3.05, 3.63) is 0 Å². The second-order valence-electron chi connectivity index (χ2n) is 5.22. The van der Waals surface area contributed by atoms with Gasteiger partial charge in [0.2, 0.25) is 0 Å². The average molecular weight is 241 g/mol. The summed E-state index contributed by atoms with van der Waals surface area (Å²) in [5, 5.41) is 3.03. The van der Waals surface area contributed by atoms with Gasteiger partial charge in [-0.2, -0.15) is 0 Å². The molecule has 0 bridgehead atoms. The maximum absolute atomic E-state index is 12.1. The molecule has 2 saturated heterocycles. The van der Waals surface area contributed by atoms with Crippen LogP contribution in [0.15, 0.2) is 0 Å². The lowest BCUT2D eigenvalue weighted by Crippen LogP contribution is -2.54. The molecule has 2 rings (SSSR count). The van der Waals surface area contributed by atoms with E-state index in [1.807, 2.05) is 4.90 Å². The van der Waals surface area contributed by atoms with E-state index in [1.165, 1.54) is 0 Å². The van der Waals surface area contributed by atoms with E-state index in [9.17, 15) is 4.79 Å². The van der Waals surface area contributed by atoms with Gasteiger partial charge in [-0.15, -0.1) is 0 Å². The standard InChI is InChI=1S/C12H23N3O2/c1-9-2-4-15(11(6-9)7-13)12(16)14-10-3-5-17-8-10/h9-11H,2-8,13H2,1H3,(H,14,16). The van der Waals surface area contributed by atoms with Gasteiger partial charge < -0.3 is 20.7 Å². The summed E-state index contributed by atoms with van der Waals surface area (Å²) in [5.74, 6) is 0.669. The van der Waals surface area contributed by atoms with Crippen molar-refractivity contribution in [2.75, 3.05) is 26.3 Å². The third kappa shape index (κ3) is 3.10. The number of rotatable bonds is 2. The molecular formula is C12H23N3O2. The first-order valence-corrected chi connectivity index (χ1v) is 6.55. The van der Waals surface area contributed by atoms with Crippen molar-refractivity contribution in [2.45, 2.75) is 38.3 Å². The molecule has 0 radical (unpaired) electrons.